The predicted molar refractivity (Wildman–Crippen MR) is 102 cm³/mol. The molecule has 1 atom stereocenters. The highest BCUT2D eigenvalue weighted by Crippen LogP contribution is 2.20. The average Bonchev–Trinajstić information content (AvgIpc) is 2.91. The van der Waals surface area contributed by atoms with Gasteiger partial charge in [0, 0.05) is 6.42 Å². The number of nitrogens with one attached hydrogen (secondary N) is 1. The van der Waals surface area contributed by atoms with Crippen LogP contribution in [0.5, 0.6) is 0 Å². The van der Waals surface area contributed by atoms with Gasteiger partial charge in [-0.15, -0.1) is 0 Å². The molecule has 0 spiro atoms. The van der Waals surface area contributed by atoms with Gasteiger partial charge in [0.2, 0.25) is 0 Å². The van der Waals surface area contributed by atoms with Crippen LogP contribution in [-0.2, 0) is 15.9 Å². The molecule has 1 saturated heterocycles. The van der Waals surface area contributed by atoms with E-state index in [4.69, 9.17) is 9.47 Å². The van der Waals surface area contributed by atoms with Crippen molar-refractivity contribution in [1.82, 2.24) is 10.2 Å². The lowest BCUT2D eigenvalue weighted by Crippen LogP contribution is -2.37. The van der Waals surface area contributed by atoms with Gasteiger partial charge in [-0.1, -0.05) is 35.9 Å². The highest BCUT2D eigenvalue weighted by Gasteiger charge is 2.24. The van der Waals surface area contributed by atoms with Gasteiger partial charge in [0.25, 0.3) is 0 Å². The lowest BCUT2D eigenvalue weighted by Gasteiger charge is -2.28. The number of hydrogen-bond acceptors (Lipinski definition) is 4. The van der Waals surface area contributed by atoms with Crippen molar-refractivity contribution in [2.24, 2.45) is 0 Å². The normalized spacial score (nSPS) is 20.7. The monoisotopic (exact) mass is 356 g/mol. The molecule has 3 rings (SSSR count). The van der Waals surface area contributed by atoms with Crippen LogP contribution in [-0.4, -0.2) is 43.3 Å². The van der Waals surface area contributed by atoms with Gasteiger partial charge in [0.15, 0.2) is 0 Å². The summed E-state index contributed by atoms with van der Waals surface area (Å²) in [5, 5.41) is 3.40. The lowest BCUT2D eigenvalue weighted by atomic mass is 10.1. The van der Waals surface area contributed by atoms with Gasteiger partial charge in [-0.3, -0.25) is 4.90 Å². The number of ether oxygens (including phenoxy) is 2. The molecule has 1 aromatic rings. The van der Waals surface area contributed by atoms with E-state index in [2.05, 4.69) is 23.5 Å². The molecule has 2 aliphatic rings. The first-order chi connectivity index (χ1) is 12.7. The third kappa shape index (κ3) is 5.36. The van der Waals surface area contributed by atoms with Crippen LogP contribution in [0.2, 0.25) is 0 Å². The maximum absolute atomic E-state index is 12.7. The fourth-order valence-corrected chi connectivity index (χ4v) is 3.31. The first kappa shape index (κ1) is 18.5. The molecule has 1 N–H and O–H groups in total. The van der Waals surface area contributed by atoms with Crippen molar-refractivity contribution in [2.45, 2.75) is 38.7 Å². The van der Waals surface area contributed by atoms with Gasteiger partial charge >= 0.3 is 6.09 Å². The average molecular weight is 356 g/mol. The molecular formula is C21H28N2O3. The van der Waals surface area contributed by atoms with E-state index in [9.17, 15) is 4.79 Å². The fourth-order valence-electron chi connectivity index (χ4n) is 3.31. The van der Waals surface area contributed by atoms with E-state index in [1.165, 1.54) is 11.1 Å². The maximum atomic E-state index is 12.7. The molecule has 140 valence electrons. The molecule has 5 heteroatoms. The van der Waals surface area contributed by atoms with Crippen molar-refractivity contribution in [3.05, 3.63) is 59.5 Å². The minimum Gasteiger partial charge on any atom is -0.497 e. The molecule has 2 heterocycles. The van der Waals surface area contributed by atoms with Crippen molar-refractivity contribution < 1.29 is 14.3 Å². The van der Waals surface area contributed by atoms with Crippen molar-refractivity contribution in [1.29, 1.82) is 0 Å². The molecule has 0 bridgehead atoms. The van der Waals surface area contributed by atoms with Crippen LogP contribution >= 0.6 is 0 Å². The number of amides is 1. The predicted octanol–water partition coefficient (Wildman–Crippen LogP) is 3.63. The molecule has 26 heavy (non-hydrogen) atoms. The van der Waals surface area contributed by atoms with E-state index in [0.717, 1.165) is 38.0 Å². The summed E-state index contributed by atoms with van der Waals surface area (Å²) in [6.45, 7) is 4.99. The quantitative estimate of drug-likeness (QED) is 0.895. The Labute approximate surface area is 155 Å². The molecule has 1 unspecified atom stereocenters. The molecule has 0 aromatic heterocycles. The summed E-state index contributed by atoms with van der Waals surface area (Å²) >= 11 is 0. The largest absolute Gasteiger partial charge is 0.497 e. The van der Waals surface area contributed by atoms with Crippen LogP contribution in [0.15, 0.2) is 53.9 Å². The summed E-state index contributed by atoms with van der Waals surface area (Å²) in [6, 6.07) is 10.1. The second kappa shape index (κ2) is 9.43. The number of rotatable bonds is 4. The SMILES string of the molecule is CC(Cc1ccccc1)OC(=O)N1CCOC=C1/C=C1\CCCNCC1. The van der Waals surface area contributed by atoms with Crippen LogP contribution in [0.25, 0.3) is 0 Å². The first-order valence-electron chi connectivity index (χ1n) is 9.46. The standard InChI is InChI=1S/C21H28N2O3/c1-17(14-18-6-3-2-4-7-18)26-21(24)23-12-13-25-16-20(23)15-19-8-5-10-22-11-9-19/h2-4,6-7,15-17,22H,5,8-14H2,1H3/b19-15+. The zero-order chi connectivity index (χ0) is 18.2. The summed E-state index contributed by atoms with van der Waals surface area (Å²) in [7, 11) is 0. The van der Waals surface area contributed by atoms with E-state index in [1.54, 1.807) is 11.2 Å². The maximum Gasteiger partial charge on any atom is 0.414 e. The Kier molecular flexibility index (Phi) is 6.72. The van der Waals surface area contributed by atoms with Crippen molar-refractivity contribution in [3.63, 3.8) is 0 Å². The number of carbonyl (C=O) groups excluding carboxylic acids is 1. The Balaban J connectivity index is 1.62. The van der Waals surface area contributed by atoms with E-state index >= 15 is 0 Å². The molecular weight excluding hydrogens is 328 g/mol. The number of hydrogen-bond donors (Lipinski definition) is 1. The Hall–Kier alpha value is -2.27. The summed E-state index contributed by atoms with van der Waals surface area (Å²) in [6.07, 6.45) is 7.19. The van der Waals surface area contributed by atoms with Crippen LogP contribution in [0, 0.1) is 0 Å². The van der Waals surface area contributed by atoms with Crippen molar-refractivity contribution in [3.8, 4) is 0 Å². The van der Waals surface area contributed by atoms with Crippen LogP contribution in [0.1, 0.15) is 31.7 Å². The third-order valence-electron chi connectivity index (χ3n) is 4.66. The third-order valence-corrected chi connectivity index (χ3v) is 4.66. The number of benzene rings is 1. The number of carbonyl (C=O) groups is 1. The molecule has 0 saturated carbocycles. The molecule has 0 aliphatic carbocycles. The van der Waals surface area contributed by atoms with Gasteiger partial charge in [-0.05, 0) is 50.9 Å². The molecule has 5 nitrogen and oxygen atoms in total. The van der Waals surface area contributed by atoms with Crippen LogP contribution < -0.4 is 5.32 Å². The lowest BCUT2D eigenvalue weighted by molar-refractivity contribution is 0.0661. The van der Waals surface area contributed by atoms with Crippen molar-refractivity contribution >= 4 is 6.09 Å². The number of nitrogens with zero attached hydrogens (tertiary/aromatic N) is 1. The van der Waals surface area contributed by atoms with E-state index in [0.29, 0.717) is 19.6 Å². The molecule has 1 aromatic carbocycles. The van der Waals surface area contributed by atoms with Crippen LogP contribution in [0.3, 0.4) is 0 Å². The van der Waals surface area contributed by atoms with E-state index < -0.39 is 0 Å². The molecule has 1 amide bonds. The Bertz CT molecular complexity index is 644. The highest BCUT2D eigenvalue weighted by molar-refractivity contribution is 5.71. The highest BCUT2D eigenvalue weighted by atomic mass is 16.6. The van der Waals surface area contributed by atoms with Gasteiger partial charge in [-0.25, -0.2) is 4.79 Å². The van der Waals surface area contributed by atoms with Gasteiger partial charge < -0.3 is 14.8 Å². The smallest absolute Gasteiger partial charge is 0.414 e. The van der Waals surface area contributed by atoms with Gasteiger partial charge in [0.1, 0.15) is 19.0 Å². The Morgan fingerprint density at radius 1 is 1.31 bits per heavy atom. The summed E-state index contributed by atoms with van der Waals surface area (Å²) in [5.41, 5.74) is 3.31. The number of allylic oxidation sites excluding steroid dienone is 1. The Morgan fingerprint density at radius 2 is 2.15 bits per heavy atom. The zero-order valence-corrected chi connectivity index (χ0v) is 15.4. The minimum atomic E-state index is -0.299. The summed E-state index contributed by atoms with van der Waals surface area (Å²) in [4.78, 5) is 14.4. The van der Waals surface area contributed by atoms with E-state index in [-0.39, 0.29) is 12.2 Å². The first-order valence-corrected chi connectivity index (χ1v) is 9.46. The topological polar surface area (TPSA) is 50.8 Å². The Morgan fingerprint density at radius 3 is 3.00 bits per heavy atom. The summed E-state index contributed by atoms with van der Waals surface area (Å²) in [5.74, 6) is 0. The second-order valence-electron chi connectivity index (χ2n) is 6.86. The van der Waals surface area contributed by atoms with Crippen molar-refractivity contribution in [2.75, 3.05) is 26.2 Å². The molecule has 1 fully saturated rings. The van der Waals surface area contributed by atoms with Gasteiger partial charge in [0.05, 0.1) is 12.2 Å². The summed E-state index contributed by atoms with van der Waals surface area (Å²) < 4.78 is 11.2. The zero-order valence-electron chi connectivity index (χ0n) is 15.4. The van der Waals surface area contributed by atoms with Gasteiger partial charge in [-0.2, -0.15) is 0 Å². The van der Waals surface area contributed by atoms with E-state index in [1.807, 2.05) is 25.1 Å². The fraction of sp³-hybridized carbons (Fsp3) is 0.476. The molecule has 2 aliphatic heterocycles. The van der Waals surface area contributed by atoms with Crippen LogP contribution in [0.4, 0.5) is 4.79 Å². The molecule has 0 radical (unpaired) electrons. The minimum absolute atomic E-state index is 0.177. The second-order valence-corrected chi connectivity index (χ2v) is 6.86.